The first-order valence-electron chi connectivity index (χ1n) is 7.03. The summed E-state index contributed by atoms with van der Waals surface area (Å²) >= 11 is 0. The number of aromatic nitrogens is 3. The van der Waals surface area contributed by atoms with Gasteiger partial charge < -0.3 is 4.74 Å². The van der Waals surface area contributed by atoms with Crippen LogP contribution < -0.4 is 0 Å². The van der Waals surface area contributed by atoms with Gasteiger partial charge in [-0.2, -0.15) is 5.10 Å². The second kappa shape index (κ2) is 5.28. The van der Waals surface area contributed by atoms with E-state index in [9.17, 15) is 9.18 Å². The summed E-state index contributed by atoms with van der Waals surface area (Å²) in [6, 6.07) is 10.1. The number of pyridine rings is 1. The van der Waals surface area contributed by atoms with Gasteiger partial charge in [-0.1, -0.05) is 18.2 Å². The van der Waals surface area contributed by atoms with Gasteiger partial charge in [-0.15, -0.1) is 0 Å². The number of ether oxygens (including phenoxy) is 1. The van der Waals surface area contributed by atoms with E-state index in [1.807, 2.05) is 6.07 Å². The molecule has 0 aliphatic carbocycles. The van der Waals surface area contributed by atoms with Crippen molar-refractivity contribution in [3.8, 4) is 0 Å². The van der Waals surface area contributed by atoms with Crippen LogP contribution in [0, 0.1) is 5.82 Å². The molecule has 0 atom stereocenters. The molecule has 0 bridgehead atoms. The minimum atomic E-state index is -0.416. The van der Waals surface area contributed by atoms with Crippen molar-refractivity contribution in [2.24, 2.45) is 4.99 Å². The Morgan fingerprint density at radius 2 is 2.09 bits per heavy atom. The molecule has 114 valence electrons. The van der Waals surface area contributed by atoms with Crippen molar-refractivity contribution in [2.45, 2.75) is 6.54 Å². The molecule has 3 heterocycles. The molecule has 0 N–H and O–H groups in total. The first-order valence-corrected chi connectivity index (χ1v) is 7.03. The summed E-state index contributed by atoms with van der Waals surface area (Å²) in [4.78, 5) is 19.6. The SMILES string of the molecule is O=C1CN=C(c2nn(Cc3ccccc3F)c3ncccc23)O1. The molecule has 0 fully saturated rings. The molecule has 3 aromatic rings. The van der Waals surface area contributed by atoms with Crippen molar-refractivity contribution in [1.29, 1.82) is 0 Å². The van der Waals surface area contributed by atoms with Crippen molar-refractivity contribution in [1.82, 2.24) is 14.8 Å². The summed E-state index contributed by atoms with van der Waals surface area (Å²) in [6.07, 6.45) is 1.63. The second-order valence-electron chi connectivity index (χ2n) is 5.07. The molecule has 0 saturated heterocycles. The normalized spacial score (nSPS) is 14.1. The maximum absolute atomic E-state index is 13.9. The van der Waals surface area contributed by atoms with E-state index in [1.165, 1.54) is 6.07 Å². The van der Waals surface area contributed by atoms with Crippen LogP contribution in [-0.2, 0) is 16.1 Å². The fraction of sp³-hybridized carbons (Fsp3) is 0.125. The fourth-order valence-corrected chi connectivity index (χ4v) is 2.50. The zero-order valence-corrected chi connectivity index (χ0v) is 11.9. The number of hydrogen-bond acceptors (Lipinski definition) is 5. The number of hydrogen-bond donors (Lipinski definition) is 0. The van der Waals surface area contributed by atoms with Crippen LogP contribution >= 0.6 is 0 Å². The van der Waals surface area contributed by atoms with E-state index in [1.54, 1.807) is 35.1 Å². The topological polar surface area (TPSA) is 69.4 Å². The van der Waals surface area contributed by atoms with E-state index >= 15 is 0 Å². The average Bonchev–Trinajstić information content (AvgIpc) is 3.14. The summed E-state index contributed by atoms with van der Waals surface area (Å²) in [5.74, 6) is -0.542. The molecule has 1 aliphatic heterocycles. The van der Waals surface area contributed by atoms with Gasteiger partial charge in [0.2, 0.25) is 5.90 Å². The highest BCUT2D eigenvalue weighted by Gasteiger charge is 2.24. The Labute approximate surface area is 130 Å². The summed E-state index contributed by atoms with van der Waals surface area (Å²) in [6.45, 7) is 0.207. The molecule has 6 nitrogen and oxygen atoms in total. The quantitative estimate of drug-likeness (QED) is 0.693. The van der Waals surface area contributed by atoms with Crippen molar-refractivity contribution < 1.29 is 13.9 Å². The number of nitrogens with zero attached hydrogens (tertiary/aromatic N) is 4. The maximum atomic E-state index is 13.9. The van der Waals surface area contributed by atoms with E-state index in [2.05, 4.69) is 15.1 Å². The maximum Gasteiger partial charge on any atom is 0.334 e. The predicted molar refractivity (Wildman–Crippen MR) is 80.5 cm³/mol. The highest BCUT2D eigenvalue weighted by atomic mass is 19.1. The molecule has 7 heteroatoms. The Bertz CT molecular complexity index is 948. The lowest BCUT2D eigenvalue weighted by Crippen LogP contribution is -2.09. The number of esters is 1. The Balaban J connectivity index is 1.82. The van der Waals surface area contributed by atoms with Crippen LogP contribution in [-0.4, -0.2) is 33.2 Å². The van der Waals surface area contributed by atoms with Crippen molar-refractivity contribution in [3.05, 3.63) is 59.7 Å². The Hall–Kier alpha value is -3.09. The van der Waals surface area contributed by atoms with E-state index in [0.29, 0.717) is 22.3 Å². The fourth-order valence-electron chi connectivity index (χ4n) is 2.50. The van der Waals surface area contributed by atoms with Gasteiger partial charge in [0.05, 0.1) is 11.9 Å². The molecule has 0 radical (unpaired) electrons. The first-order chi connectivity index (χ1) is 11.2. The lowest BCUT2D eigenvalue weighted by atomic mass is 10.2. The Kier molecular flexibility index (Phi) is 3.11. The summed E-state index contributed by atoms with van der Waals surface area (Å²) in [5, 5.41) is 5.13. The van der Waals surface area contributed by atoms with Gasteiger partial charge in [0.25, 0.3) is 0 Å². The van der Waals surface area contributed by atoms with Gasteiger partial charge in [0.15, 0.2) is 11.3 Å². The molecule has 2 aromatic heterocycles. The number of halogens is 1. The molecule has 0 amide bonds. The zero-order valence-electron chi connectivity index (χ0n) is 11.9. The minimum absolute atomic E-state index is 0.0166. The highest BCUT2D eigenvalue weighted by Crippen LogP contribution is 2.21. The Morgan fingerprint density at radius 1 is 1.22 bits per heavy atom. The largest absolute Gasteiger partial charge is 0.404 e. The van der Waals surface area contributed by atoms with Crippen LogP contribution in [0.1, 0.15) is 11.3 Å². The molecule has 0 spiro atoms. The van der Waals surface area contributed by atoms with Gasteiger partial charge in [0, 0.05) is 11.8 Å². The third-order valence-electron chi connectivity index (χ3n) is 3.55. The van der Waals surface area contributed by atoms with E-state index < -0.39 is 5.97 Å². The smallest absolute Gasteiger partial charge is 0.334 e. The molecule has 1 aromatic carbocycles. The monoisotopic (exact) mass is 310 g/mol. The molecular formula is C16H11FN4O2. The van der Waals surface area contributed by atoms with Crippen LogP contribution in [0.4, 0.5) is 4.39 Å². The number of benzene rings is 1. The van der Waals surface area contributed by atoms with Crippen LogP contribution in [0.2, 0.25) is 0 Å². The van der Waals surface area contributed by atoms with Crippen LogP contribution in [0.25, 0.3) is 11.0 Å². The molecule has 1 aliphatic rings. The van der Waals surface area contributed by atoms with Gasteiger partial charge >= 0.3 is 5.97 Å². The van der Waals surface area contributed by atoms with E-state index in [0.717, 1.165) is 0 Å². The van der Waals surface area contributed by atoms with E-state index in [4.69, 9.17) is 4.74 Å². The molecular weight excluding hydrogens is 299 g/mol. The average molecular weight is 310 g/mol. The number of fused-ring (bicyclic) bond motifs is 1. The van der Waals surface area contributed by atoms with Crippen molar-refractivity contribution in [2.75, 3.05) is 6.54 Å². The van der Waals surface area contributed by atoms with Gasteiger partial charge in [-0.05, 0) is 18.2 Å². The number of cyclic esters (lactones) is 1. The second-order valence-corrected chi connectivity index (χ2v) is 5.07. The third-order valence-corrected chi connectivity index (χ3v) is 3.55. The number of rotatable bonds is 3. The zero-order chi connectivity index (χ0) is 15.8. The summed E-state index contributed by atoms with van der Waals surface area (Å²) in [7, 11) is 0. The lowest BCUT2D eigenvalue weighted by molar-refractivity contribution is -0.132. The van der Waals surface area contributed by atoms with Crippen LogP contribution in [0.15, 0.2) is 47.6 Å². The first kappa shape index (κ1) is 13.6. The molecule has 0 saturated carbocycles. The van der Waals surface area contributed by atoms with E-state index in [-0.39, 0.29) is 24.8 Å². The Morgan fingerprint density at radius 3 is 2.87 bits per heavy atom. The third kappa shape index (κ3) is 2.36. The molecule has 0 unspecified atom stereocenters. The number of carbonyl (C=O) groups excluding carboxylic acids is 1. The number of carbonyl (C=O) groups is 1. The number of aliphatic imine (C=N–C) groups is 1. The molecule has 4 rings (SSSR count). The van der Waals surface area contributed by atoms with Crippen molar-refractivity contribution in [3.63, 3.8) is 0 Å². The van der Waals surface area contributed by atoms with Gasteiger partial charge in [0.1, 0.15) is 12.4 Å². The van der Waals surface area contributed by atoms with Crippen LogP contribution in [0.5, 0.6) is 0 Å². The van der Waals surface area contributed by atoms with Crippen molar-refractivity contribution >= 4 is 22.9 Å². The highest BCUT2D eigenvalue weighted by molar-refractivity contribution is 6.10. The van der Waals surface area contributed by atoms with Gasteiger partial charge in [-0.3, -0.25) is 0 Å². The summed E-state index contributed by atoms with van der Waals surface area (Å²) < 4.78 is 20.5. The standard InChI is InChI=1S/C16H11FN4O2/c17-12-6-2-1-4-10(12)9-21-15-11(5-3-7-18-15)14(20-21)16-19-8-13(22)23-16/h1-7H,8-9H2. The predicted octanol–water partition coefficient (Wildman–Crippen LogP) is 1.92. The molecule has 23 heavy (non-hydrogen) atoms. The lowest BCUT2D eigenvalue weighted by Gasteiger charge is -2.04. The van der Waals surface area contributed by atoms with Gasteiger partial charge in [-0.25, -0.2) is 23.8 Å². The summed E-state index contributed by atoms with van der Waals surface area (Å²) in [5.41, 5.74) is 1.52. The van der Waals surface area contributed by atoms with Crippen LogP contribution in [0.3, 0.4) is 0 Å². The minimum Gasteiger partial charge on any atom is -0.404 e.